The molecule has 1 saturated heterocycles. The van der Waals surface area contributed by atoms with Gasteiger partial charge < -0.3 is 4.90 Å². The lowest BCUT2D eigenvalue weighted by atomic mass is 10.1. The van der Waals surface area contributed by atoms with Gasteiger partial charge in [-0.25, -0.2) is 4.39 Å². The van der Waals surface area contributed by atoms with Gasteiger partial charge in [-0.15, -0.1) is 0 Å². The third-order valence-corrected chi connectivity index (χ3v) is 5.10. The fourth-order valence-corrected chi connectivity index (χ4v) is 3.49. The number of rotatable bonds is 4. The summed E-state index contributed by atoms with van der Waals surface area (Å²) in [5.74, 6) is 0.797. The number of carbonyl (C=O) groups excluding carboxylic acids is 1. The van der Waals surface area contributed by atoms with Crippen molar-refractivity contribution in [1.82, 2.24) is 4.90 Å². The predicted molar refractivity (Wildman–Crippen MR) is 82.9 cm³/mol. The van der Waals surface area contributed by atoms with Crippen molar-refractivity contribution in [3.63, 3.8) is 0 Å². The monoisotopic (exact) mass is 295 g/mol. The molecule has 0 atom stereocenters. The minimum Gasteiger partial charge on any atom is -0.302 e. The van der Waals surface area contributed by atoms with Gasteiger partial charge in [-0.3, -0.25) is 4.79 Å². The first-order chi connectivity index (χ1) is 9.46. The Labute approximate surface area is 124 Å². The Bertz CT molecular complexity index is 475. The molecule has 1 heterocycles. The zero-order chi connectivity index (χ0) is 14.6. The van der Waals surface area contributed by atoms with Crippen molar-refractivity contribution in [3.8, 4) is 0 Å². The number of thioether (sulfide) groups is 1. The van der Waals surface area contributed by atoms with Gasteiger partial charge in [0, 0.05) is 35.6 Å². The van der Waals surface area contributed by atoms with E-state index in [9.17, 15) is 9.18 Å². The lowest BCUT2D eigenvalue weighted by molar-refractivity contribution is 0.0965. The standard InChI is InChI=1S/C16H22FNOS/c1-16(2)7-9-18(10-11-20-16)8-6-15(19)13-4-3-5-14(17)12-13/h3-5,12H,6-11H2,1-2H3. The van der Waals surface area contributed by atoms with Crippen molar-refractivity contribution in [2.45, 2.75) is 31.4 Å². The molecular formula is C16H22FNOS. The van der Waals surface area contributed by atoms with Gasteiger partial charge in [-0.05, 0) is 25.1 Å². The second kappa shape index (κ2) is 6.72. The summed E-state index contributed by atoms with van der Waals surface area (Å²) in [4.78, 5) is 14.4. The summed E-state index contributed by atoms with van der Waals surface area (Å²) < 4.78 is 13.4. The minimum absolute atomic E-state index is 0.0284. The van der Waals surface area contributed by atoms with Crippen molar-refractivity contribution in [2.75, 3.05) is 25.4 Å². The second-order valence-electron chi connectivity index (χ2n) is 5.88. The lowest BCUT2D eigenvalue weighted by Gasteiger charge is -2.22. The summed E-state index contributed by atoms with van der Waals surface area (Å²) >= 11 is 2.00. The van der Waals surface area contributed by atoms with Crippen molar-refractivity contribution in [1.29, 1.82) is 0 Å². The SMILES string of the molecule is CC1(C)CCN(CCC(=O)c2cccc(F)c2)CCS1. The molecule has 0 aliphatic carbocycles. The van der Waals surface area contributed by atoms with Gasteiger partial charge in [0.15, 0.2) is 5.78 Å². The summed E-state index contributed by atoms with van der Waals surface area (Å²) in [7, 11) is 0. The second-order valence-corrected chi connectivity index (χ2v) is 7.69. The molecule has 1 aromatic rings. The molecule has 4 heteroatoms. The summed E-state index contributed by atoms with van der Waals surface area (Å²) in [5, 5.41) is 0. The minimum atomic E-state index is -0.344. The molecule has 2 rings (SSSR count). The number of hydrogen-bond donors (Lipinski definition) is 0. The van der Waals surface area contributed by atoms with E-state index in [0.717, 1.165) is 31.8 Å². The summed E-state index contributed by atoms with van der Waals surface area (Å²) in [5.41, 5.74) is 0.481. The number of benzene rings is 1. The third kappa shape index (κ3) is 4.60. The van der Waals surface area contributed by atoms with Gasteiger partial charge in [0.1, 0.15) is 5.82 Å². The Morgan fingerprint density at radius 3 is 2.95 bits per heavy atom. The molecule has 0 aromatic heterocycles. The normalized spacial score (nSPS) is 19.6. The lowest BCUT2D eigenvalue weighted by Crippen LogP contribution is -2.29. The fourth-order valence-electron chi connectivity index (χ4n) is 2.35. The van der Waals surface area contributed by atoms with Crippen LogP contribution >= 0.6 is 11.8 Å². The molecule has 0 amide bonds. The van der Waals surface area contributed by atoms with E-state index in [4.69, 9.17) is 0 Å². The van der Waals surface area contributed by atoms with Crippen LogP contribution in [0.25, 0.3) is 0 Å². The van der Waals surface area contributed by atoms with Crippen molar-refractivity contribution in [2.24, 2.45) is 0 Å². The molecule has 0 saturated carbocycles. The fraction of sp³-hybridized carbons (Fsp3) is 0.562. The number of hydrogen-bond acceptors (Lipinski definition) is 3. The van der Waals surface area contributed by atoms with Crippen LogP contribution in [-0.4, -0.2) is 40.8 Å². The van der Waals surface area contributed by atoms with E-state index in [1.807, 2.05) is 11.8 Å². The molecule has 0 bridgehead atoms. The Balaban J connectivity index is 1.84. The molecule has 0 unspecified atom stereocenters. The number of carbonyl (C=O) groups is 1. The van der Waals surface area contributed by atoms with Crippen LogP contribution in [0.15, 0.2) is 24.3 Å². The Hall–Kier alpha value is -0.870. The summed E-state index contributed by atoms with van der Waals surface area (Å²) in [6.45, 7) is 7.39. The van der Waals surface area contributed by atoms with Crippen LogP contribution in [0, 0.1) is 5.82 Å². The van der Waals surface area contributed by atoms with Gasteiger partial charge in [-0.1, -0.05) is 26.0 Å². The van der Waals surface area contributed by atoms with Crippen LogP contribution in [0.5, 0.6) is 0 Å². The molecule has 20 heavy (non-hydrogen) atoms. The maximum absolute atomic E-state index is 13.1. The van der Waals surface area contributed by atoms with E-state index in [1.165, 1.54) is 12.1 Å². The molecule has 0 spiro atoms. The van der Waals surface area contributed by atoms with Crippen LogP contribution in [0.3, 0.4) is 0 Å². The largest absolute Gasteiger partial charge is 0.302 e. The first kappa shape index (κ1) is 15.5. The third-order valence-electron chi connectivity index (χ3n) is 3.73. The molecule has 1 aromatic carbocycles. The Morgan fingerprint density at radius 1 is 1.40 bits per heavy atom. The van der Waals surface area contributed by atoms with E-state index >= 15 is 0 Å². The van der Waals surface area contributed by atoms with E-state index in [0.29, 0.717) is 16.7 Å². The topological polar surface area (TPSA) is 20.3 Å². The Morgan fingerprint density at radius 2 is 2.20 bits per heavy atom. The van der Waals surface area contributed by atoms with Gasteiger partial charge in [0.05, 0.1) is 0 Å². The van der Waals surface area contributed by atoms with Gasteiger partial charge in [0.25, 0.3) is 0 Å². The number of Topliss-reactive ketones (excluding diaryl/α,β-unsaturated/α-hetero) is 1. The Kier molecular flexibility index (Phi) is 5.22. The highest BCUT2D eigenvalue weighted by atomic mass is 32.2. The zero-order valence-electron chi connectivity index (χ0n) is 12.2. The molecule has 110 valence electrons. The molecule has 0 N–H and O–H groups in total. The van der Waals surface area contributed by atoms with Crippen LogP contribution in [0.4, 0.5) is 4.39 Å². The average Bonchev–Trinajstić information content (AvgIpc) is 2.57. The first-order valence-corrected chi connectivity index (χ1v) is 8.10. The highest BCUT2D eigenvalue weighted by molar-refractivity contribution is 8.00. The van der Waals surface area contributed by atoms with Gasteiger partial charge in [0.2, 0.25) is 0 Å². The molecule has 1 aliphatic heterocycles. The summed E-state index contributed by atoms with van der Waals surface area (Å²) in [6, 6.07) is 5.97. The summed E-state index contributed by atoms with van der Waals surface area (Å²) in [6.07, 6.45) is 1.61. The number of halogens is 1. The number of ketones is 1. The maximum Gasteiger partial charge on any atom is 0.164 e. The van der Waals surface area contributed by atoms with Crippen molar-refractivity contribution in [3.05, 3.63) is 35.6 Å². The maximum atomic E-state index is 13.1. The smallest absolute Gasteiger partial charge is 0.164 e. The molecule has 1 fully saturated rings. The zero-order valence-corrected chi connectivity index (χ0v) is 13.0. The predicted octanol–water partition coefficient (Wildman–Crippen LogP) is 3.62. The van der Waals surface area contributed by atoms with Crippen LogP contribution in [0.1, 0.15) is 37.0 Å². The highest BCUT2D eigenvalue weighted by Crippen LogP contribution is 2.30. The van der Waals surface area contributed by atoms with Crippen LogP contribution in [-0.2, 0) is 0 Å². The van der Waals surface area contributed by atoms with Gasteiger partial charge in [-0.2, -0.15) is 11.8 Å². The van der Waals surface area contributed by atoms with Crippen LogP contribution < -0.4 is 0 Å². The average molecular weight is 295 g/mol. The molecule has 2 nitrogen and oxygen atoms in total. The molecular weight excluding hydrogens is 273 g/mol. The van der Waals surface area contributed by atoms with Crippen molar-refractivity contribution < 1.29 is 9.18 Å². The highest BCUT2D eigenvalue weighted by Gasteiger charge is 2.23. The van der Waals surface area contributed by atoms with Crippen LogP contribution in [0.2, 0.25) is 0 Å². The van der Waals surface area contributed by atoms with Crippen molar-refractivity contribution >= 4 is 17.5 Å². The molecule has 1 aliphatic rings. The van der Waals surface area contributed by atoms with E-state index < -0.39 is 0 Å². The van der Waals surface area contributed by atoms with E-state index in [2.05, 4.69) is 18.7 Å². The first-order valence-electron chi connectivity index (χ1n) is 7.11. The quantitative estimate of drug-likeness (QED) is 0.791. The van der Waals surface area contributed by atoms with E-state index in [1.54, 1.807) is 12.1 Å². The number of nitrogens with zero attached hydrogens (tertiary/aromatic N) is 1. The van der Waals surface area contributed by atoms with Gasteiger partial charge >= 0.3 is 0 Å². The van der Waals surface area contributed by atoms with E-state index in [-0.39, 0.29) is 11.6 Å². The molecule has 0 radical (unpaired) electrons.